The van der Waals surface area contributed by atoms with Crippen molar-refractivity contribution in [3.8, 4) is 0 Å². The summed E-state index contributed by atoms with van der Waals surface area (Å²) in [5.41, 5.74) is 4.80. The van der Waals surface area contributed by atoms with Crippen LogP contribution < -0.4 is 10.5 Å². The summed E-state index contributed by atoms with van der Waals surface area (Å²) in [6, 6.07) is 2.46. The first kappa shape index (κ1) is 17.0. The molecule has 0 spiro atoms. The van der Waals surface area contributed by atoms with E-state index in [1.807, 2.05) is 13.8 Å². The van der Waals surface area contributed by atoms with Crippen LogP contribution in [-0.2, 0) is 10.0 Å². The molecule has 0 saturated heterocycles. The van der Waals surface area contributed by atoms with Crippen LogP contribution in [0.25, 0.3) is 0 Å². The molecule has 0 amide bonds. The minimum atomic E-state index is -3.95. The number of hydrogen-bond acceptors (Lipinski definition) is 3. The molecule has 0 aromatic heterocycles. The zero-order valence-corrected chi connectivity index (χ0v) is 12.6. The molecule has 0 aliphatic rings. The highest BCUT2D eigenvalue weighted by atomic mass is 32.2. The Kier molecular flexibility index (Phi) is 5.23. The first-order valence-corrected chi connectivity index (χ1v) is 7.77. The minimum absolute atomic E-state index is 0.105. The molecule has 0 fully saturated rings. The van der Waals surface area contributed by atoms with Crippen molar-refractivity contribution in [1.82, 2.24) is 4.72 Å². The Morgan fingerprint density at radius 3 is 2.35 bits per heavy atom. The average Bonchev–Trinajstić information content (AvgIpc) is 2.30. The van der Waals surface area contributed by atoms with Gasteiger partial charge in [0.25, 0.3) is 0 Å². The van der Waals surface area contributed by atoms with E-state index in [0.717, 1.165) is 12.1 Å². The van der Waals surface area contributed by atoms with E-state index < -0.39 is 27.2 Å². The molecule has 1 atom stereocenters. The van der Waals surface area contributed by atoms with E-state index in [1.54, 1.807) is 6.92 Å². The van der Waals surface area contributed by atoms with Crippen LogP contribution in [0.5, 0.6) is 0 Å². The maximum atomic E-state index is 13.1. The number of halogens is 2. The molecule has 0 saturated carbocycles. The lowest BCUT2D eigenvalue weighted by Crippen LogP contribution is -2.52. The molecule has 0 radical (unpaired) electrons. The SMILES string of the molecule is CC(C)CC(C)(CN)NS(=O)(=O)c1ccc(F)c(F)c1. The molecule has 0 bridgehead atoms. The zero-order chi connectivity index (χ0) is 15.6. The second-order valence-corrected chi connectivity index (χ2v) is 7.23. The van der Waals surface area contributed by atoms with Gasteiger partial charge in [-0.15, -0.1) is 0 Å². The summed E-state index contributed by atoms with van der Waals surface area (Å²) >= 11 is 0. The van der Waals surface area contributed by atoms with Gasteiger partial charge in [-0.05, 0) is 37.5 Å². The van der Waals surface area contributed by atoms with Gasteiger partial charge in [-0.2, -0.15) is 0 Å². The van der Waals surface area contributed by atoms with E-state index in [4.69, 9.17) is 5.73 Å². The van der Waals surface area contributed by atoms with Crippen molar-refractivity contribution < 1.29 is 17.2 Å². The highest BCUT2D eigenvalue weighted by molar-refractivity contribution is 7.89. The molecule has 1 rings (SSSR count). The van der Waals surface area contributed by atoms with E-state index in [2.05, 4.69) is 4.72 Å². The van der Waals surface area contributed by atoms with Crippen LogP contribution >= 0.6 is 0 Å². The van der Waals surface area contributed by atoms with Gasteiger partial charge in [0, 0.05) is 12.1 Å². The fraction of sp³-hybridized carbons (Fsp3) is 0.538. The molecule has 1 aromatic carbocycles. The van der Waals surface area contributed by atoms with Crippen molar-refractivity contribution in [2.45, 2.75) is 37.6 Å². The van der Waals surface area contributed by atoms with Gasteiger partial charge in [-0.25, -0.2) is 21.9 Å². The van der Waals surface area contributed by atoms with Gasteiger partial charge in [0.15, 0.2) is 11.6 Å². The molecule has 1 unspecified atom stereocenters. The number of sulfonamides is 1. The Bertz CT molecular complexity index is 576. The van der Waals surface area contributed by atoms with Crippen molar-refractivity contribution in [3.05, 3.63) is 29.8 Å². The quantitative estimate of drug-likeness (QED) is 0.844. The number of benzene rings is 1. The van der Waals surface area contributed by atoms with Gasteiger partial charge in [0.1, 0.15) is 0 Å². The summed E-state index contributed by atoms with van der Waals surface area (Å²) in [5.74, 6) is -2.06. The largest absolute Gasteiger partial charge is 0.329 e. The first-order valence-electron chi connectivity index (χ1n) is 6.29. The summed E-state index contributed by atoms with van der Waals surface area (Å²) in [6.45, 7) is 5.68. The number of hydrogen-bond donors (Lipinski definition) is 2. The highest BCUT2D eigenvalue weighted by Crippen LogP contribution is 2.20. The Morgan fingerprint density at radius 1 is 1.30 bits per heavy atom. The van der Waals surface area contributed by atoms with Gasteiger partial charge >= 0.3 is 0 Å². The fourth-order valence-corrected chi connectivity index (χ4v) is 3.53. The van der Waals surface area contributed by atoms with Crippen molar-refractivity contribution in [2.24, 2.45) is 11.7 Å². The van der Waals surface area contributed by atoms with E-state index in [-0.39, 0.29) is 17.4 Å². The average molecular weight is 306 g/mol. The molecule has 114 valence electrons. The van der Waals surface area contributed by atoms with E-state index >= 15 is 0 Å². The maximum absolute atomic E-state index is 13.1. The second kappa shape index (κ2) is 6.15. The molecule has 20 heavy (non-hydrogen) atoms. The van der Waals surface area contributed by atoms with Crippen LogP contribution in [-0.4, -0.2) is 20.5 Å². The van der Waals surface area contributed by atoms with Crippen molar-refractivity contribution >= 4 is 10.0 Å². The lowest BCUT2D eigenvalue weighted by atomic mass is 9.92. The van der Waals surface area contributed by atoms with E-state index in [0.29, 0.717) is 12.5 Å². The predicted molar refractivity (Wildman–Crippen MR) is 73.6 cm³/mol. The van der Waals surface area contributed by atoms with Gasteiger partial charge < -0.3 is 5.73 Å². The van der Waals surface area contributed by atoms with Crippen LogP contribution in [0.2, 0.25) is 0 Å². The molecule has 0 heterocycles. The molecular formula is C13H20F2N2O2S. The fourth-order valence-electron chi connectivity index (χ4n) is 2.10. The van der Waals surface area contributed by atoms with Gasteiger partial charge in [0.05, 0.1) is 4.90 Å². The molecule has 1 aromatic rings. The molecule has 0 aliphatic carbocycles. The van der Waals surface area contributed by atoms with Gasteiger partial charge in [-0.1, -0.05) is 13.8 Å². The van der Waals surface area contributed by atoms with Crippen LogP contribution in [0.1, 0.15) is 27.2 Å². The minimum Gasteiger partial charge on any atom is -0.329 e. The Hall–Kier alpha value is -1.05. The monoisotopic (exact) mass is 306 g/mol. The Morgan fingerprint density at radius 2 is 1.90 bits per heavy atom. The summed E-state index contributed by atoms with van der Waals surface area (Å²) in [6.07, 6.45) is 0.534. The molecule has 4 nitrogen and oxygen atoms in total. The van der Waals surface area contributed by atoms with Crippen LogP contribution in [0.3, 0.4) is 0 Å². The predicted octanol–water partition coefficient (Wildman–Crippen LogP) is 2.01. The number of nitrogens with one attached hydrogen (secondary N) is 1. The second-order valence-electron chi connectivity index (χ2n) is 5.54. The smallest absolute Gasteiger partial charge is 0.241 e. The topological polar surface area (TPSA) is 72.2 Å². The summed E-state index contributed by atoms with van der Waals surface area (Å²) < 4.78 is 52.9. The van der Waals surface area contributed by atoms with Gasteiger partial charge in [-0.3, -0.25) is 0 Å². The molecule has 3 N–H and O–H groups in total. The molecule has 7 heteroatoms. The van der Waals surface area contributed by atoms with E-state index in [1.165, 1.54) is 0 Å². The molecular weight excluding hydrogens is 286 g/mol. The third-order valence-electron chi connectivity index (χ3n) is 2.89. The zero-order valence-electron chi connectivity index (χ0n) is 11.8. The summed E-state index contributed by atoms with van der Waals surface area (Å²) in [5, 5.41) is 0. The maximum Gasteiger partial charge on any atom is 0.241 e. The van der Waals surface area contributed by atoms with Crippen LogP contribution in [0, 0.1) is 17.6 Å². The lowest BCUT2D eigenvalue weighted by Gasteiger charge is -2.30. The normalized spacial score (nSPS) is 15.3. The van der Waals surface area contributed by atoms with Crippen molar-refractivity contribution in [3.63, 3.8) is 0 Å². The number of rotatable bonds is 6. The Balaban J connectivity index is 3.07. The van der Waals surface area contributed by atoms with Crippen molar-refractivity contribution in [2.75, 3.05) is 6.54 Å². The number of nitrogens with two attached hydrogens (primary N) is 1. The van der Waals surface area contributed by atoms with Crippen molar-refractivity contribution in [1.29, 1.82) is 0 Å². The standard InChI is InChI=1S/C13H20F2N2O2S/c1-9(2)7-13(3,8-16)17-20(18,19)10-4-5-11(14)12(15)6-10/h4-6,9,17H,7-8,16H2,1-3H3. The first-order chi connectivity index (χ1) is 9.09. The highest BCUT2D eigenvalue weighted by Gasteiger charge is 2.30. The third kappa shape index (κ3) is 4.22. The summed E-state index contributed by atoms with van der Waals surface area (Å²) in [4.78, 5) is -0.320. The summed E-state index contributed by atoms with van der Waals surface area (Å²) in [7, 11) is -3.95. The van der Waals surface area contributed by atoms with Crippen LogP contribution in [0.15, 0.2) is 23.1 Å². The van der Waals surface area contributed by atoms with E-state index in [9.17, 15) is 17.2 Å². The lowest BCUT2D eigenvalue weighted by molar-refractivity contribution is 0.344. The van der Waals surface area contributed by atoms with Gasteiger partial charge in [0.2, 0.25) is 10.0 Å². The third-order valence-corrected chi connectivity index (χ3v) is 4.53. The Labute approximate surface area is 118 Å². The van der Waals surface area contributed by atoms with Crippen LogP contribution in [0.4, 0.5) is 8.78 Å². The molecule has 0 aliphatic heterocycles.